The maximum atomic E-state index is 13.7. The Morgan fingerprint density at radius 1 is 1.00 bits per heavy atom. The molecule has 0 aliphatic heterocycles. The van der Waals surface area contributed by atoms with Crippen LogP contribution in [0.1, 0.15) is 43.5 Å². The van der Waals surface area contributed by atoms with Gasteiger partial charge in [-0.25, -0.2) is 14.0 Å². The molecular weight excluding hydrogens is 500 g/mol. The van der Waals surface area contributed by atoms with Crippen LogP contribution in [0, 0.1) is 5.82 Å². The highest BCUT2D eigenvalue weighted by Gasteiger charge is 2.37. The van der Waals surface area contributed by atoms with Crippen LogP contribution >= 0.6 is 0 Å². The van der Waals surface area contributed by atoms with Gasteiger partial charge in [-0.2, -0.15) is 13.2 Å². The Morgan fingerprint density at radius 3 is 2.16 bits per heavy atom. The van der Waals surface area contributed by atoms with Crippen LogP contribution in [0.25, 0.3) is 0 Å². The van der Waals surface area contributed by atoms with Crippen LogP contribution in [0.15, 0.2) is 48.5 Å². The normalized spacial score (nSPS) is 14.2. The number of hydrogen-bond acceptors (Lipinski definition) is 6. The molecule has 0 saturated carbocycles. The summed E-state index contributed by atoms with van der Waals surface area (Å²) in [5.74, 6) is -3.94. The number of methoxy groups -OCH3 is 1. The molecule has 3 atom stereocenters. The molecule has 0 bridgehead atoms. The zero-order valence-electron chi connectivity index (χ0n) is 20.6. The zero-order chi connectivity index (χ0) is 28.0. The Hall–Kier alpha value is -3.67. The number of esters is 1. The van der Waals surface area contributed by atoms with E-state index in [0.29, 0.717) is 17.7 Å². The number of ether oxygens (including phenoxy) is 2. The monoisotopic (exact) mass is 528 g/mol. The van der Waals surface area contributed by atoms with Crippen molar-refractivity contribution >= 4 is 18.0 Å². The number of carbonyl (C=O) groups excluding carboxylic acids is 3. The van der Waals surface area contributed by atoms with E-state index in [0.717, 1.165) is 13.2 Å². The van der Waals surface area contributed by atoms with Gasteiger partial charge in [0.1, 0.15) is 11.4 Å². The molecular formula is C25H28F4N2O6. The lowest BCUT2D eigenvalue weighted by atomic mass is 9.99. The largest absolute Gasteiger partial charge is 0.467 e. The number of amides is 2. The average Bonchev–Trinajstić information content (AvgIpc) is 2.80. The van der Waals surface area contributed by atoms with Crippen molar-refractivity contribution in [3.63, 3.8) is 0 Å². The van der Waals surface area contributed by atoms with Crippen LogP contribution < -0.4 is 10.6 Å². The lowest BCUT2D eigenvalue weighted by Gasteiger charge is -2.27. The molecule has 3 N–H and O–H groups in total. The highest BCUT2D eigenvalue weighted by Crippen LogP contribution is 2.33. The van der Waals surface area contributed by atoms with E-state index in [1.54, 1.807) is 51.1 Å². The van der Waals surface area contributed by atoms with Crippen molar-refractivity contribution in [1.82, 2.24) is 10.6 Å². The Bertz CT molecular complexity index is 1100. The molecule has 2 aromatic rings. The lowest BCUT2D eigenvalue weighted by molar-refractivity contribution is -0.147. The summed E-state index contributed by atoms with van der Waals surface area (Å²) < 4.78 is 63.1. The van der Waals surface area contributed by atoms with Crippen LogP contribution in [-0.2, 0) is 31.7 Å². The summed E-state index contributed by atoms with van der Waals surface area (Å²) in [5, 5.41) is 15.3. The fraction of sp³-hybridized carbons (Fsp3) is 0.400. The molecule has 2 rings (SSSR count). The molecule has 202 valence electrons. The minimum Gasteiger partial charge on any atom is -0.467 e. The van der Waals surface area contributed by atoms with Crippen LogP contribution in [0.3, 0.4) is 0 Å². The van der Waals surface area contributed by atoms with E-state index in [4.69, 9.17) is 4.74 Å². The molecule has 12 heteroatoms. The van der Waals surface area contributed by atoms with Crippen LogP contribution in [0.4, 0.5) is 22.4 Å². The second-order valence-corrected chi connectivity index (χ2v) is 9.09. The van der Waals surface area contributed by atoms with Gasteiger partial charge < -0.3 is 25.2 Å². The van der Waals surface area contributed by atoms with Crippen molar-refractivity contribution in [2.24, 2.45) is 0 Å². The van der Waals surface area contributed by atoms with Crippen LogP contribution in [0.2, 0.25) is 0 Å². The average molecular weight is 528 g/mol. The number of rotatable bonds is 8. The number of alkyl carbamates (subject to hydrolysis) is 1. The van der Waals surface area contributed by atoms with E-state index in [9.17, 15) is 37.1 Å². The Labute approximate surface area is 211 Å². The van der Waals surface area contributed by atoms with E-state index in [-0.39, 0.29) is 6.42 Å². The van der Waals surface area contributed by atoms with E-state index >= 15 is 0 Å². The van der Waals surface area contributed by atoms with E-state index in [2.05, 4.69) is 15.4 Å². The summed E-state index contributed by atoms with van der Waals surface area (Å²) in [4.78, 5) is 37.6. The van der Waals surface area contributed by atoms with Gasteiger partial charge in [0.25, 0.3) is 5.91 Å². The van der Waals surface area contributed by atoms with Crippen LogP contribution in [-0.4, -0.2) is 47.9 Å². The maximum Gasteiger partial charge on any atom is 0.419 e. The fourth-order valence-corrected chi connectivity index (χ4v) is 3.31. The van der Waals surface area contributed by atoms with Gasteiger partial charge in [0.15, 0.2) is 12.1 Å². The molecule has 0 radical (unpaired) electrons. The number of nitrogens with one attached hydrogen (secondary N) is 2. The molecule has 8 nitrogen and oxygen atoms in total. The number of halogens is 4. The molecule has 0 heterocycles. The SMILES string of the molecule is COC(=O)C(NC(=O)[C@@H](O)[C@@H](Cc1ccccc1)NC(=O)OC(C)(C)C)c1ccc(F)c(C(F)(F)F)c1. The number of alkyl halides is 3. The summed E-state index contributed by atoms with van der Waals surface area (Å²) >= 11 is 0. The first kappa shape index (κ1) is 29.6. The first-order chi connectivity index (χ1) is 17.1. The van der Waals surface area contributed by atoms with Gasteiger partial charge in [0.05, 0.1) is 18.7 Å². The third-order valence-corrected chi connectivity index (χ3v) is 5.00. The third kappa shape index (κ3) is 8.74. The predicted octanol–water partition coefficient (Wildman–Crippen LogP) is 3.67. The fourth-order valence-electron chi connectivity index (χ4n) is 3.31. The maximum absolute atomic E-state index is 13.7. The molecule has 0 aliphatic rings. The molecule has 0 fully saturated rings. The van der Waals surface area contributed by atoms with Crippen molar-refractivity contribution in [1.29, 1.82) is 0 Å². The van der Waals surface area contributed by atoms with Crippen molar-refractivity contribution in [2.45, 2.75) is 57.2 Å². The highest BCUT2D eigenvalue weighted by molar-refractivity contribution is 5.88. The van der Waals surface area contributed by atoms with Gasteiger partial charge >= 0.3 is 18.2 Å². The van der Waals surface area contributed by atoms with Gasteiger partial charge in [-0.15, -0.1) is 0 Å². The van der Waals surface area contributed by atoms with Crippen molar-refractivity contribution < 1.29 is 46.5 Å². The predicted molar refractivity (Wildman–Crippen MR) is 124 cm³/mol. The van der Waals surface area contributed by atoms with Gasteiger partial charge in [-0.1, -0.05) is 36.4 Å². The summed E-state index contributed by atoms with van der Waals surface area (Å²) in [6.45, 7) is 4.84. The molecule has 1 unspecified atom stereocenters. The molecule has 0 spiro atoms. The van der Waals surface area contributed by atoms with Crippen LogP contribution in [0.5, 0.6) is 0 Å². The minimum atomic E-state index is -5.07. The first-order valence-electron chi connectivity index (χ1n) is 11.1. The molecule has 2 amide bonds. The van der Waals surface area contributed by atoms with Gasteiger partial charge in [0, 0.05) is 0 Å². The lowest BCUT2D eigenvalue weighted by Crippen LogP contribution is -2.53. The van der Waals surface area contributed by atoms with E-state index in [1.165, 1.54) is 0 Å². The summed E-state index contributed by atoms with van der Waals surface area (Å²) in [6, 6.07) is 7.18. The highest BCUT2D eigenvalue weighted by atomic mass is 19.4. The summed E-state index contributed by atoms with van der Waals surface area (Å²) in [5.41, 5.74) is -2.33. The van der Waals surface area contributed by atoms with E-state index < -0.39 is 64.9 Å². The number of hydrogen-bond donors (Lipinski definition) is 3. The van der Waals surface area contributed by atoms with Crippen molar-refractivity contribution in [3.8, 4) is 0 Å². The number of benzene rings is 2. The number of aliphatic hydroxyl groups is 1. The van der Waals surface area contributed by atoms with Gasteiger partial charge in [-0.05, 0) is 50.5 Å². The Balaban J connectivity index is 2.34. The standard InChI is InChI=1S/C25H28F4N2O6/c1-24(2,3)37-23(35)30-18(12-14-8-6-5-7-9-14)20(32)21(33)31-19(22(34)36-4)15-10-11-17(26)16(13-15)25(27,28)29/h5-11,13,18-20,32H,12H2,1-4H3,(H,30,35)(H,31,33)/t18-,19?,20+/m1/s1. The second-order valence-electron chi connectivity index (χ2n) is 9.09. The first-order valence-corrected chi connectivity index (χ1v) is 11.1. The quantitative estimate of drug-likeness (QED) is 0.356. The van der Waals surface area contributed by atoms with Crippen molar-refractivity contribution in [2.75, 3.05) is 7.11 Å². The van der Waals surface area contributed by atoms with E-state index in [1.807, 2.05) is 0 Å². The molecule has 0 aromatic heterocycles. The number of carbonyl (C=O) groups is 3. The van der Waals surface area contributed by atoms with Gasteiger partial charge in [0.2, 0.25) is 0 Å². The second kappa shape index (κ2) is 12.0. The van der Waals surface area contributed by atoms with Crippen molar-refractivity contribution in [3.05, 3.63) is 71.0 Å². The molecule has 0 saturated heterocycles. The Morgan fingerprint density at radius 2 is 1.62 bits per heavy atom. The molecule has 2 aromatic carbocycles. The Kier molecular flexibility index (Phi) is 9.62. The topological polar surface area (TPSA) is 114 Å². The summed E-state index contributed by atoms with van der Waals surface area (Å²) in [7, 11) is 0.939. The minimum absolute atomic E-state index is 0.0354. The zero-order valence-corrected chi connectivity index (χ0v) is 20.6. The smallest absolute Gasteiger partial charge is 0.419 e. The number of aliphatic hydroxyl groups excluding tert-OH is 1. The summed E-state index contributed by atoms with van der Waals surface area (Å²) in [6.07, 6.45) is -8.00. The molecule has 37 heavy (non-hydrogen) atoms. The van der Waals surface area contributed by atoms with Gasteiger partial charge in [-0.3, -0.25) is 4.79 Å². The molecule has 0 aliphatic carbocycles. The third-order valence-electron chi connectivity index (χ3n) is 5.00.